The Labute approximate surface area is 147 Å². The molecule has 2 saturated heterocycles. The van der Waals surface area contributed by atoms with E-state index in [1.807, 2.05) is 42.1 Å². The molecule has 0 aliphatic carbocycles. The molecular formula is C18H24N2O3S. The number of nitrogens with zero attached hydrogens (tertiary/aromatic N) is 2. The van der Waals surface area contributed by atoms with Crippen molar-refractivity contribution in [2.45, 2.75) is 18.9 Å². The van der Waals surface area contributed by atoms with Crippen molar-refractivity contribution >= 4 is 23.6 Å². The fourth-order valence-corrected chi connectivity index (χ4v) is 4.46. The number of carbonyl (C=O) groups is 2. The molecule has 1 aromatic rings. The van der Waals surface area contributed by atoms with Crippen LogP contribution in [0.5, 0.6) is 0 Å². The van der Waals surface area contributed by atoms with Crippen LogP contribution >= 0.6 is 11.8 Å². The molecule has 3 rings (SSSR count). The Balaban J connectivity index is 1.81. The van der Waals surface area contributed by atoms with E-state index in [1.54, 1.807) is 4.90 Å². The number of likely N-dealkylation sites (tertiary alicyclic amines) is 1. The first-order valence-electron chi connectivity index (χ1n) is 8.55. The summed E-state index contributed by atoms with van der Waals surface area (Å²) in [5, 5.41) is 9.29. The van der Waals surface area contributed by atoms with Gasteiger partial charge in [-0.1, -0.05) is 30.3 Å². The standard InChI is InChI=1S/C18H24N2O3S/c21-17(20-8-4-7-15(13-20)18(22)23)16(14-5-2-1-3-6-14)19-9-11-24-12-10-19/h1-3,5-6,15-16H,4,7-13H2,(H,22,23). The summed E-state index contributed by atoms with van der Waals surface area (Å²) in [5.41, 5.74) is 1.01. The van der Waals surface area contributed by atoms with E-state index in [1.165, 1.54) is 0 Å². The first-order chi connectivity index (χ1) is 11.7. The van der Waals surface area contributed by atoms with Crippen molar-refractivity contribution in [2.75, 3.05) is 37.7 Å². The number of piperidine rings is 1. The molecule has 1 N–H and O–H groups in total. The SMILES string of the molecule is O=C(O)C1CCCN(C(=O)C(c2ccccc2)N2CCSCC2)C1. The summed E-state index contributed by atoms with van der Waals surface area (Å²) in [6.45, 7) is 2.78. The van der Waals surface area contributed by atoms with Gasteiger partial charge >= 0.3 is 5.97 Å². The minimum Gasteiger partial charge on any atom is -0.481 e. The Kier molecular flexibility index (Phi) is 5.79. The van der Waals surface area contributed by atoms with Crippen LogP contribution in [0.2, 0.25) is 0 Å². The smallest absolute Gasteiger partial charge is 0.308 e. The second kappa shape index (κ2) is 8.03. The monoisotopic (exact) mass is 348 g/mol. The van der Waals surface area contributed by atoms with Gasteiger partial charge < -0.3 is 10.0 Å². The van der Waals surface area contributed by atoms with Crippen LogP contribution in [0.15, 0.2) is 30.3 Å². The topological polar surface area (TPSA) is 60.9 Å². The molecule has 24 heavy (non-hydrogen) atoms. The van der Waals surface area contributed by atoms with Crippen molar-refractivity contribution in [1.82, 2.24) is 9.80 Å². The van der Waals surface area contributed by atoms with Gasteiger partial charge in [-0.05, 0) is 18.4 Å². The molecule has 0 spiro atoms. The summed E-state index contributed by atoms with van der Waals surface area (Å²) in [7, 11) is 0. The molecule has 2 aliphatic heterocycles. The summed E-state index contributed by atoms with van der Waals surface area (Å²) in [6.07, 6.45) is 1.43. The maximum Gasteiger partial charge on any atom is 0.308 e. The van der Waals surface area contributed by atoms with E-state index >= 15 is 0 Å². The number of aliphatic carboxylic acids is 1. The largest absolute Gasteiger partial charge is 0.481 e. The number of rotatable bonds is 4. The number of hydrogen-bond donors (Lipinski definition) is 1. The Morgan fingerprint density at radius 2 is 1.83 bits per heavy atom. The van der Waals surface area contributed by atoms with Gasteiger partial charge in [0.15, 0.2) is 0 Å². The summed E-state index contributed by atoms with van der Waals surface area (Å²) in [5.74, 6) is 0.899. The minimum absolute atomic E-state index is 0.0547. The average molecular weight is 348 g/mol. The number of benzene rings is 1. The van der Waals surface area contributed by atoms with Crippen molar-refractivity contribution in [3.63, 3.8) is 0 Å². The minimum atomic E-state index is -0.793. The lowest BCUT2D eigenvalue weighted by Gasteiger charge is -2.39. The highest BCUT2D eigenvalue weighted by molar-refractivity contribution is 7.99. The number of amides is 1. The predicted octanol–water partition coefficient (Wildman–Crippen LogP) is 2.10. The lowest BCUT2D eigenvalue weighted by molar-refractivity contribution is -0.147. The Hall–Kier alpha value is -1.53. The summed E-state index contributed by atoms with van der Waals surface area (Å²) in [4.78, 5) is 28.6. The quantitative estimate of drug-likeness (QED) is 0.903. The van der Waals surface area contributed by atoms with Crippen molar-refractivity contribution in [1.29, 1.82) is 0 Å². The van der Waals surface area contributed by atoms with Gasteiger partial charge in [0.2, 0.25) is 5.91 Å². The predicted molar refractivity (Wildman–Crippen MR) is 95.0 cm³/mol. The van der Waals surface area contributed by atoms with Crippen molar-refractivity contribution in [3.8, 4) is 0 Å². The molecule has 2 unspecified atom stereocenters. The molecule has 2 fully saturated rings. The van der Waals surface area contributed by atoms with E-state index in [9.17, 15) is 14.7 Å². The third-order valence-corrected chi connectivity index (χ3v) is 5.78. The highest BCUT2D eigenvalue weighted by atomic mass is 32.2. The molecule has 2 heterocycles. The van der Waals surface area contributed by atoms with E-state index in [2.05, 4.69) is 4.90 Å². The van der Waals surface area contributed by atoms with Crippen LogP contribution < -0.4 is 0 Å². The van der Waals surface area contributed by atoms with Crippen molar-refractivity contribution in [3.05, 3.63) is 35.9 Å². The van der Waals surface area contributed by atoms with E-state index in [0.29, 0.717) is 19.5 Å². The van der Waals surface area contributed by atoms with Crippen molar-refractivity contribution in [2.24, 2.45) is 5.92 Å². The molecular weight excluding hydrogens is 324 g/mol. The highest BCUT2D eigenvalue weighted by Gasteiger charge is 2.35. The first kappa shape index (κ1) is 17.3. The number of carboxylic acid groups (broad SMARTS) is 1. The van der Waals surface area contributed by atoms with E-state index in [-0.39, 0.29) is 11.9 Å². The average Bonchev–Trinajstić information content (AvgIpc) is 2.64. The summed E-state index contributed by atoms with van der Waals surface area (Å²) >= 11 is 1.92. The second-order valence-electron chi connectivity index (χ2n) is 6.42. The first-order valence-corrected chi connectivity index (χ1v) is 9.70. The van der Waals surface area contributed by atoms with Crippen LogP contribution in [-0.2, 0) is 9.59 Å². The zero-order valence-electron chi connectivity index (χ0n) is 13.8. The van der Waals surface area contributed by atoms with Gasteiger partial charge in [0.1, 0.15) is 6.04 Å². The summed E-state index contributed by atoms with van der Waals surface area (Å²) < 4.78 is 0. The van der Waals surface area contributed by atoms with Gasteiger partial charge in [-0.25, -0.2) is 0 Å². The molecule has 0 aromatic heterocycles. The molecule has 0 bridgehead atoms. The molecule has 6 heteroatoms. The Morgan fingerprint density at radius 1 is 1.12 bits per heavy atom. The number of hydrogen-bond acceptors (Lipinski definition) is 4. The van der Waals surface area contributed by atoms with Gasteiger partial charge in [0.25, 0.3) is 0 Å². The molecule has 1 amide bonds. The Bertz CT molecular complexity index is 575. The molecule has 5 nitrogen and oxygen atoms in total. The lowest BCUT2D eigenvalue weighted by Crippen LogP contribution is -2.49. The molecule has 1 aromatic carbocycles. The zero-order chi connectivity index (χ0) is 16.9. The lowest BCUT2D eigenvalue weighted by atomic mass is 9.96. The number of thioether (sulfide) groups is 1. The number of carbonyl (C=O) groups excluding carboxylic acids is 1. The van der Waals surface area contributed by atoms with Gasteiger partial charge in [0, 0.05) is 37.7 Å². The normalized spacial score (nSPS) is 23.7. The molecule has 0 radical (unpaired) electrons. The van der Waals surface area contributed by atoms with Gasteiger partial charge in [-0.2, -0.15) is 11.8 Å². The fourth-order valence-electron chi connectivity index (χ4n) is 3.53. The van der Waals surface area contributed by atoms with E-state index in [0.717, 1.165) is 36.6 Å². The maximum atomic E-state index is 13.3. The Morgan fingerprint density at radius 3 is 2.50 bits per heavy atom. The van der Waals surface area contributed by atoms with Crippen LogP contribution in [0.3, 0.4) is 0 Å². The van der Waals surface area contributed by atoms with E-state index in [4.69, 9.17) is 0 Å². The van der Waals surface area contributed by atoms with Crippen LogP contribution in [0.25, 0.3) is 0 Å². The molecule has 2 atom stereocenters. The van der Waals surface area contributed by atoms with Gasteiger partial charge in [0.05, 0.1) is 5.92 Å². The van der Waals surface area contributed by atoms with Crippen LogP contribution in [0.4, 0.5) is 0 Å². The van der Waals surface area contributed by atoms with E-state index < -0.39 is 11.9 Å². The van der Waals surface area contributed by atoms with Gasteiger partial charge in [-0.15, -0.1) is 0 Å². The third-order valence-electron chi connectivity index (χ3n) is 4.84. The zero-order valence-corrected chi connectivity index (χ0v) is 14.6. The van der Waals surface area contributed by atoms with Crippen LogP contribution in [0.1, 0.15) is 24.4 Å². The maximum absolute atomic E-state index is 13.3. The summed E-state index contributed by atoms with van der Waals surface area (Å²) in [6, 6.07) is 9.60. The van der Waals surface area contributed by atoms with Crippen molar-refractivity contribution < 1.29 is 14.7 Å². The number of carboxylic acids is 1. The van der Waals surface area contributed by atoms with Crippen LogP contribution in [0, 0.1) is 5.92 Å². The molecule has 2 aliphatic rings. The third kappa shape index (κ3) is 3.92. The van der Waals surface area contributed by atoms with Crippen LogP contribution in [-0.4, -0.2) is 64.5 Å². The van der Waals surface area contributed by atoms with Gasteiger partial charge in [-0.3, -0.25) is 14.5 Å². The molecule has 130 valence electrons. The second-order valence-corrected chi connectivity index (χ2v) is 7.65. The highest BCUT2D eigenvalue weighted by Crippen LogP contribution is 2.28. The molecule has 0 saturated carbocycles. The fraction of sp³-hybridized carbons (Fsp3) is 0.556.